The molecule has 0 unspecified atom stereocenters. The van der Waals surface area contributed by atoms with E-state index < -0.39 is 0 Å². The van der Waals surface area contributed by atoms with Crippen molar-refractivity contribution in [1.82, 2.24) is 5.32 Å². The smallest absolute Gasteiger partial charge is 0.178 e. The zero-order valence-corrected chi connectivity index (χ0v) is 13.8. The van der Waals surface area contributed by atoms with Crippen molar-refractivity contribution in [3.05, 3.63) is 41.6 Å². The Bertz CT molecular complexity index is 578. The van der Waals surface area contributed by atoms with Gasteiger partial charge in [0.2, 0.25) is 0 Å². The van der Waals surface area contributed by atoms with E-state index in [-0.39, 0.29) is 11.8 Å². The van der Waals surface area contributed by atoms with Crippen molar-refractivity contribution in [2.45, 2.75) is 40.2 Å². The van der Waals surface area contributed by atoms with E-state index in [2.05, 4.69) is 19.2 Å². The van der Waals surface area contributed by atoms with Crippen molar-refractivity contribution in [2.24, 2.45) is 5.92 Å². The zero-order valence-electron chi connectivity index (χ0n) is 13.0. The van der Waals surface area contributed by atoms with Gasteiger partial charge in [0.05, 0.1) is 6.04 Å². The Kier molecular flexibility index (Phi) is 4.78. The van der Waals surface area contributed by atoms with Crippen molar-refractivity contribution >= 4 is 28.8 Å². The fourth-order valence-electron chi connectivity index (χ4n) is 2.85. The molecule has 1 N–H and O–H groups in total. The number of hydrogen-bond acceptors (Lipinski definition) is 2. The highest BCUT2D eigenvalue weighted by atomic mass is 32.1. The number of rotatable bonds is 4. The van der Waals surface area contributed by atoms with Gasteiger partial charge in [0.15, 0.2) is 10.9 Å². The Hall–Kier alpha value is -1.68. The molecular formula is C17H22N2OS. The van der Waals surface area contributed by atoms with Crippen LogP contribution in [-0.2, 0) is 4.79 Å². The van der Waals surface area contributed by atoms with Gasteiger partial charge in [-0.1, -0.05) is 32.0 Å². The second-order valence-corrected chi connectivity index (χ2v) is 6.24. The van der Waals surface area contributed by atoms with Gasteiger partial charge in [-0.25, -0.2) is 0 Å². The SMILES string of the molecule is CC(=O)C1=C(C)N(c2ccccc2)C(=S)N[C@@H]1CC(C)C. The first-order valence-corrected chi connectivity index (χ1v) is 7.70. The number of hydrogen-bond donors (Lipinski definition) is 1. The predicted octanol–water partition coefficient (Wildman–Crippen LogP) is 3.66. The molecule has 3 nitrogen and oxygen atoms in total. The quantitative estimate of drug-likeness (QED) is 0.860. The molecule has 112 valence electrons. The van der Waals surface area contributed by atoms with Crippen LogP contribution in [0.2, 0.25) is 0 Å². The maximum atomic E-state index is 12.1. The van der Waals surface area contributed by atoms with E-state index in [9.17, 15) is 4.79 Å². The molecule has 0 bridgehead atoms. The zero-order chi connectivity index (χ0) is 15.6. The Labute approximate surface area is 132 Å². The van der Waals surface area contributed by atoms with Gasteiger partial charge in [0.25, 0.3) is 0 Å². The molecule has 0 fully saturated rings. The minimum atomic E-state index is 0.00922. The number of Topliss-reactive ketones (excluding diaryl/α,β-unsaturated/α-hetero) is 1. The van der Waals surface area contributed by atoms with E-state index in [1.54, 1.807) is 6.92 Å². The Morgan fingerprint density at radius 1 is 1.33 bits per heavy atom. The number of anilines is 1. The molecule has 1 aliphatic heterocycles. The monoisotopic (exact) mass is 302 g/mol. The van der Waals surface area contributed by atoms with Crippen LogP contribution in [0.4, 0.5) is 5.69 Å². The minimum absolute atomic E-state index is 0.00922. The van der Waals surface area contributed by atoms with Crippen LogP contribution in [0.3, 0.4) is 0 Å². The average molecular weight is 302 g/mol. The number of para-hydroxylation sites is 1. The molecule has 1 aliphatic rings. The van der Waals surface area contributed by atoms with Crippen molar-refractivity contribution in [1.29, 1.82) is 0 Å². The molecule has 1 aromatic carbocycles. The predicted molar refractivity (Wildman–Crippen MR) is 91.3 cm³/mol. The van der Waals surface area contributed by atoms with E-state index in [1.165, 1.54) is 0 Å². The molecule has 0 radical (unpaired) electrons. The van der Waals surface area contributed by atoms with Gasteiger partial charge in [-0.3, -0.25) is 9.69 Å². The number of ketones is 1. The molecule has 21 heavy (non-hydrogen) atoms. The molecule has 0 aromatic heterocycles. The second-order valence-electron chi connectivity index (χ2n) is 5.86. The summed E-state index contributed by atoms with van der Waals surface area (Å²) in [5, 5.41) is 4.00. The number of allylic oxidation sites excluding steroid dienone is 1. The summed E-state index contributed by atoms with van der Waals surface area (Å²) in [6.07, 6.45) is 0.898. The van der Waals surface area contributed by atoms with Gasteiger partial charge in [-0.05, 0) is 50.5 Å². The molecule has 1 aromatic rings. The number of nitrogens with one attached hydrogen (secondary N) is 1. The summed E-state index contributed by atoms with van der Waals surface area (Å²) in [5.74, 6) is 0.602. The summed E-state index contributed by atoms with van der Waals surface area (Å²) >= 11 is 5.52. The van der Waals surface area contributed by atoms with E-state index in [4.69, 9.17) is 12.2 Å². The Balaban J connectivity index is 2.47. The molecule has 1 atom stereocenters. The van der Waals surface area contributed by atoms with Crippen molar-refractivity contribution in [3.63, 3.8) is 0 Å². The molecule has 4 heteroatoms. The summed E-state index contributed by atoms with van der Waals surface area (Å²) < 4.78 is 0. The Morgan fingerprint density at radius 3 is 2.48 bits per heavy atom. The van der Waals surface area contributed by atoms with Crippen LogP contribution in [0.25, 0.3) is 0 Å². The highest BCUT2D eigenvalue weighted by molar-refractivity contribution is 7.80. The van der Waals surface area contributed by atoms with Crippen LogP contribution < -0.4 is 10.2 Å². The van der Waals surface area contributed by atoms with Gasteiger partial charge in [-0.2, -0.15) is 0 Å². The largest absolute Gasteiger partial charge is 0.355 e. The molecule has 0 amide bonds. The molecular weight excluding hydrogens is 280 g/mol. The first-order chi connectivity index (χ1) is 9.91. The Morgan fingerprint density at radius 2 is 1.95 bits per heavy atom. The lowest BCUT2D eigenvalue weighted by molar-refractivity contribution is -0.114. The van der Waals surface area contributed by atoms with Gasteiger partial charge in [0, 0.05) is 17.0 Å². The van der Waals surface area contributed by atoms with Gasteiger partial charge in [-0.15, -0.1) is 0 Å². The van der Waals surface area contributed by atoms with Crippen LogP contribution in [0.15, 0.2) is 41.6 Å². The molecule has 0 saturated heterocycles. The van der Waals surface area contributed by atoms with E-state index in [1.807, 2.05) is 42.2 Å². The van der Waals surface area contributed by atoms with Crippen LogP contribution in [0.5, 0.6) is 0 Å². The molecule has 0 aliphatic carbocycles. The number of carbonyl (C=O) groups is 1. The first-order valence-electron chi connectivity index (χ1n) is 7.29. The standard InChI is InChI=1S/C17H22N2OS/c1-11(2)10-15-16(13(4)20)12(3)19(17(21)18-15)14-8-6-5-7-9-14/h5-9,11,15H,10H2,1-4H3,(H,18,21)/t15-/m1/s1. The van der Waals surface area contributed by atoms with Crippen LogP contribution in [-0.4, -0.2) is 16.9 Å². The lowest BCUT2D eigenvalue weighted by Crippen LogP contribution is -2.52. The summed E-state index contributed by atoms with van der Waals surface area (Å²) in [6, 6.07) is 9.92. The van der Waals surface area contributed by atoms with Gasteiger partial charge in [0.1, 0.15) is 0 Å². The average Bonchev–Trinajstić information content (AvgIpc) is 2.38. The fourth-order valence-corrected chi connectivity index (χ4v) is 3.23. The molecule has 1 heterocycles. The lowest BCUT2D eigenvalue weighted by atomic mass is 9.91. The highest BCUT2D eigenvalue weighted by Gasteiger charge is 2.32. The lowest BCUT2D eigenvalue weighted by Gasteiger charge is -2.38. The van der Waals surface area contributed by atoms with Crippen LogP contribution in [0.1, 0.15) is 34.1 Å². The third-order valence-electron chi connectivity index (χ3n) is 3.68. The van der Waals surface area contributed by atoms with Crippen LogP contribution in [0, 0.1) is 5.92 Å². The van der Waals surface area contributed by atoms with Crippen LogP contribution >= 0.6 is 12.2 Å². The normalized spacial score (nSPS) is 19.0. The van der Waals surface area contributed by atoms with E-state index in [0.29, 0.717) is 11.0 Å². The van der Waals surface area contributed by atoms with Crippen molar-refractivity contribution in [3.8, 4) is 0 Å². The number of benzene rings is 1. The topological polar surface area (TPSA) is 32.3 Å². The third-order valence-corrected chi connectivity index (χ3v) is 3.98. The van der Waals surface area contributed by atoms with Crippen molar-refractivity contribution in [2.75, 3.05) is 4.90 Å². The summed E-state index contributed by atoms with van der Waals surface area (Å²) in [4.78, 5) is 14.1. The highest BCUT2D eigenvalue weighted by Crippen LogP contribution is 2.29. The summed E-state index contributed by atoms with van der Waals surface area (Å²) in [6.45, 7) is 7.92. The minimum Gasteiger partial charge on any atom is -0.355 e. The van der Waals surface area contributed by atoms with Crippen molar-refractivity contribution < 1.29 is 4.79 Å². The second kappa shape index (κ2) is 6.39. The maximum Gasteiger partial charge on any atom is 0.178 e. The third kappa shape index (κ3) is 3.32. The first kappa shape index (κ1) is 15.7. The number of carbonyl (C=O) groups excluding carboxylic acids is 1. The van der Waals surface area contributed by atoms with E-state index >= 15 is 0 Å². The van der Waals surface area contributed by atoms with E-state index in [0.717, 1.165) is 23.4 Å². The van der Waals surface area contributed by atoms with Gasteiger partial charge < -0.3 is 5.32 Å². The number of nitrogens with zero attached hydrogens (tertiary/aromatic N) is 1. The molecule has 0 spiro atoms. The maximum absolute atomic E-state index is 12.1. The molecule has 0 saturated carbocycles. The van der Waals surface area contributed by atoms with Gasteiger partial charge >= 0.3 is 0 Å². The fraction of sp³-hybridized carbons (Fsp3) is 0.412. The summed E-state index contributed by atoms with van der Waals surface area (Å²) in [7, 11) is 0. The number of thiocarbonyl (C=S) groups is 1. The summed E-state index contributed by atoms with van der Waals surface area (Å²) in [5.41, 5.74) is 2.75. The molecule has 2 rings (SSSR count).